The third-order valence-electron chi connectivity index (χ3n) is 5.66. The highest BCUT2D eigenvalue weighted by atomic mass is 32.2. The molecule has 0 aliphatic carbocycles. The molecule has 0 unspecified atom stereocenters. The van der Waals surface area contributed by atoms with E-state index in [0.717, 1.165) is 5.56 Å². The summed E-state index contributed by atoms with van der Waals surface area (Å²) in [7, 11) is 0. The highest BCUT2D eigenvalue weighted by Gasteiger charge is 2.31. The van der Waals surface area contributed by atoms with E-state index in [9.17, 15) is 14.0 Å². The van der Waals surface area contributed by atoms with Crippen LogP contribution in [0.15, 0.2) is 84.0 Å². The number of rotatable bonds is 6. The molecule has 0 spiro atoms. The van der Waals surface area contributed by atoms with Gasteiger partial charge in [-0.25, -0.2) is 4.39 Å². The molecule has 7 nitrogen and oxygen atoms in total. The van der Waals surface area contributed by atoms with Crippen molar-refractivity contribution in [3.05, 3.63) is 96.1 Å². The highest BCUT2D eigenvalue weighted by Crippen LogP contribution is 2.33. The number of halogens is 1. The van der Waals surface area contributed by atoms with Crippen LogP contribution in [0.2, 0.25) is 0 Å². The first-order valence-electron chi connectivity index (χ1n) is 11.1. The van der Waals surface area contributed by atoms with Crippen LogP contribution in [0.4, 0.5) is 15.8 Å². The number of hydrogen-bond acceptors (Lipinski definition) is 5. The summed E-state index contributed by atoms with van der Waals surface area (Å²) < 4.78 is 15.5. The molecule has 0 radical (unpaired) electrons. The number of benzene rings is 3. The number of carbonyl (C=O) groups is 2. The number of carbonyl (C=O) groups excluding carboxylic acids is 2. The second-order valence-corrected chi connectivity index (χ2v) is 9.43. The van der Waals surface area contributed by atoms with Crippen molar-refractivity contribution in [1.29, 1.82) is 0 Å². The van der Waals surface area contributed by atoms with E-state index < -0.39 is 5.25 Å². The molecule has 0 saturated heterocycles. The average molecular weight is 488 g/mol. The standard InChI is InChI=1S/C26H22FN5O2S/c1-17(25(34)31-16-24(33)28-21-9-5-6-10-22(21)31)35-26-30-29-23(15-18-7-3-2-4-8-18)32(26)20-13-11-19(27)12-14-20/h2-14,17H,15-16H2,1H3,(H,28,33)/t17-/m0/s1. The quantitative estimate of drug-likeness (QED) is 0.406. The lowest BCUT2D eigenvalue weighted by Crippen LogP contribution is -2.45. The molecule has 0 fully saturated rings. The minimum absolute atomic E-state index is 0.0509. The van der Waals surface area contributed by atoms with Crippen LogP contribution >= 0.6 is 11.8 Å². The van der Waals surface area contributed by atoms with Crippen LogP contribution in [0.3, 0.4) is 0 Å². The third kappa shape index (κ3) is 4.81. The van der Waals surface area contributed by atoms with Crippen LogP contribution in [0.1, 0.15) is 18.3 Å². The summed E-state index contributed by atoms with van der Waals surface area (Å²) in [6, 6.07) is 23.2. The number of amides is 2. The third-order valence-corrected chi connectivity index (χ3v) is 6.69. The molecule has 0 saturated carbocycles. The number of hydrogen-bond donors (Lipinski definition) is 1. The molecular weight excluding hydrogens is 465 g/mol. The van der Waals surface area contributed by atoms with Crippen LogP contribution < -0.4 is 10.2 Å². The van der Waals surface area contributed by atoms with E-state index in [1.165, 1.54) is 28.8 Å². The summed E-state index contributed by atoms with van der Waals surface area (Å²) in [5, 5.41) is 11.5. The molecule has 4 aromatic rings. The van der Waals surface area contributed by atoms with Gasteiger partial charge in [-0.1, -0.05) is 54.2 Å². The van der Waals surface area contributed by atoms with Crippen molar-refractivity contribution in [3.8, 4) is 5.69 Å². The van der Waals surface area contributed by atoms with Crippen molar-refractivity contribution in [3.63, 3.8) is 0 Å². The van der Waals surface area contributed by atoms with Gasteiger partial charge in [-0.3, -0.25) is 19.1 Å². The lowest BCUT2D eigenvalue weighted by atomic mass is 10.1. The van der Waals surface area contributed by atoms with Gasteiger partial charge in [-0.05, 0) is 48.9 Å². The minimum Gasteiger partial charge on any atom is -0.323 e. The highest BCUT2D eigenvalue weighted by molar-refractivity contribution is 8.00. The van der Waals surface area contributed by atoms with Crippen LogP contribution in [-0.2, 0) is 16.0 Å². The van der Waals surface area contributed by atoms with Crippen molar-refractivity contribution < 1.29 is 14.0 Å². The number of anilines is 2. The van der Waals surface area contributed by atoms with Gasteiger partial charge in [0, 0.05) is 12.1 Å². The fourth-order valence-corrected chi connectivity index (χ4v) is 4.93. The van der Waals surface area contributed by atoms with E-state index in [-0.39, 0.29) is 24.2 Å². The molecule has 1 N–H and O–H groups in total. The average Bonchev–Trinajstić information content (AvgIpc) is 3.25. The molecule has 9 heteroatoms. The molecule has 1 aliphatic rings. The number of thioether (sulfide) groups is 1. The van der Waals surface area contributed by atoms with Crippen molar-refractivity contribution >= 4 is 35.0 Å². The second-order valence-electron chi connectivity index (χ2n) is 8.12. The summed E-state index contributed by atoms with van der Waals surface area (Å²) in [5.74, 6) is -0.122. The number of nitrogens with zero attached hydrogens (tertiary/aromatic N) is 4. The fraction of sp³-hybridized carbons (Fsp3) is 0.154. The van der Waals surface area contributed by atoms with E-state index in [2.05, 4.69) is 15.5 Å². The Labute approximate surface area is 206 Å². The smallest absolute Gasteiger partial charge is 0.244 e. The molecule has 1 aliphatic heterocycles. The first kappa shape index (κ1) is 22.8. The topological polar surface area (TPSA) is 80.1 Å². The second kappa shape index (κ2) is 9.71. The lowest BCUT2D eigenvalue weighted by molar-refractivity contribution is -0.121. The fourth-order valence-electron chi connectivity index (χ4n) is 3.98. The van der Waals surface area contributed by atoms with Gasteiger partial charge in [0.1, 0.15) is 18.2 Å². The molecule has 1 aromatic heterocycles. The molecule has 1 atom stereocenters. The van der Waals surface area contributed by atoms with Crippen LogP contribution in [0.25, 0.3) is 5.69 Å². The van der Waals surface area contributed by atoms with Gasteiger partial charge in [0.05, 0.1) is 16.6 Å². The van der Waals surface area contributed by atoms with E-state index in [1.54, 1.807) is 25.1 Å². The predicted octanol–water partition coefficient (Wildman–Crippen LogP) is 4.46. The zero-order valence-electron chi connectivity index (χ0n) is 18.9. The summed E-state index contributed by atoms with van der Waals surface area (Å²) in [5.41, 5.74) is 3.02. The van der Waals surface area contributed by atoms with Crippen LogP contribution in [-0.4, -0.2) is 38.4 Å². The summed E-state index contributed by atoms with van der Waals surface area (Å²) in [4.78, 5) is 27.1. The minimum atomic E-state index is -0.554. The first-order valence-corrected chi connectivity index (χ1v) is 12.0. The van der Waals surface area contributed by atoms with Gasteiger partial charge in [-0.15, -0.1) is 10.2 Å². The molecular formula is C26H22FN5O2S. The van der Waals surface area contributed by atoms with Crippen molar-refractivity contribution in [2.24, 2.45) is 0 Å². The van der Waals surface area contributed by atoms with E-state index in [1.807, 2.05) is 53.1 Å². The molecule has 2 heterocycles. The van der Waals surface area contributed by atoms with Gasteiger partial charge >= 0.3 is 0 Å². The maximum absolute atomic E-state index is 13.6. The van der Waals surface area contributed by atoms with Crippen molar-refractivity contribution in [1.82, 2.24) is 14.8 Å². The van der Waals surface area contributed by atoms with Crippen LogP contribution in [0, 0.1) is 5.82 Å². The SMILES string of the molecule is C[C@H](Sc1nnc(Cc2ccccc2)n1-c1ccc(F)cc1)C(=O)N1CC(=O)Nc2ccccc21. The van der Waals surface area contributed by atoms with Gasteiger partial charge in [0.25, 0.3) is 0 Å². The maximum Gasteiger partial charge on any atom is 0.244 e. The normalized spacial score (nSPS) is 13.8. The molecule has 176 valence electrons. The Kier molecular flexibility index (Phi) is 6.33. The zero-order chi connectivity index (χ0) is 24.4. The Morgan fingerprint density at radius 3 is 2.51 bits per heavy atom. The van der Waals surface area contributed by atoms with Gasteiger partial charge in [-0.2, -0.15) is 0 Å². The Balaban J connectivity index is 1.45. The Morgan fingerprint density at radius 1 is 1.03 bits per heavy atom. The molecule has 35 heavy (non-hydrogen) atoms. The first-order chi connectivity index (χ1) is 17.0. The molecule has 3 aromatic carbocycles. The number of fused-ring (bicyclic) bond motifs is 1. The number of aromatic nitrogens is 3. The van der Waals surface area contributed by atoms with E-state index in [4.69, 9.17) is 0 Å². The Bertz CT molecular complexity index is 1370. The lowest BCUT2D eigenvalue weighted by Gasteiger charge is -2.30. The monoisotopic (exact) mass is 487 g/mol. The van der Waals surface area contributed by atoms with Crippen molar-refractivity contribution in [2.45, 2.75) is 23.8 Å². The summed E-state index contributed by atoms with van der Waals surface area (Å²) in [6.07, 6.45) is 0.522. The van der Waals surface area contributed by atoms with E-state index in [0.29, 0.717) is 34.5 Å². The summed E-state index contributed by atoms with van der Waals surface area (Å²) >= 11 is 1.25. The predicted molar refractivity (Wildman–Crippen MR) is 133 cm³/mol. The van der Waals surface area contributed by atoms with Crippen molar-refractivity contribution in [2.75, 3.05) is 16.8 Å². The Hall–Kier alpha value is -3.98. The zero-order valence-corrected chi connectivity index (χ0v) is 19.7. The van der Waals surface area contributed by atoms with Crippen LogP contribution in [0.5, 0.6) is 0 Å². The molecule has 2 amide bonds. The van der Waals surface area contributed by atoms with Gasteiger partial charge < -0.3 is 5.32 Å². The Morgan fingerprint density at radius 2 is 1.74 bits per heavy atom. The van der Waals surface area contributed by atoms with Gasteiger partial charge in [0.15, 0.2) is 5.16 Å². The summed E-state index contributed by atoms with van der Waals surface area (Å²) in [6.45, 7) is 1.73. The van der Waals surface area contributed by atoms with E-state index >= 15 is 0 Å². The molecule has 0 bridgehead atoms. The number of para-hydroxylation sites is 2. The number of nitrogens with one attached hydrogen (secondary N) is 1. The molecule has 5 rings (SSSR count). The van der Waals surface area contributed by atoms with Gasteiger partial charge in [0.2, 0.25) is 11.8 Å². The maximum atomic E-state index is 13.6. The largest absolute Gasteiger partial charge is 0.323 e.